The van der Waals surface area contributed by atoms with Gasteiger partial charge in [0, 0.05) is 5.39 Å². The highest BCUT2D eigenvalue weighted by molar-refractivity contribution is 6.06. The topological polar surface area (TPSA) is 104 Å². The van der Waals surface area contributed by atoms with Crippen molar-refractivity contribution in [2.75, 3.05) is 19.5 Å². The summed E-state index contributed by atoms with van der Waals surface area (Å²) in [5.41, 5.74) is 0.867. The average Bonchev–Trinajstić information content (AvgIpc) is 2.63. The van der Waals surface area contributed by atoms with Crippen molar-refractivity contribution in [3.63, 3.8) is 0 Å². The molecule has 3 aromatic rings. The second-order valence-corrected chi connectivity index (χ2v) is 5.54. The predicted octanol–water partition coefficient (Wildman–Crippen LogP) is 2.47. The van der Waals surface area contributed by atoms with Crippen LogP contribution in [0.2, 0.25) is 0 Å². The number of methoxy groups -OCH3 is 2. The summed E-state index contributed by atoms with van der Waals surface area (Å²) in [6.45, 7) is 3.42. The number of benzene rings is 1. The number of ether oxygens (including phenoxy) is 2. The SMILES string of the molecule is COc1nc(C)c(NC(=O)c2cc3cccc(OC)c3oc2=O)c(C)n1. The first-order chi connectivity index (χ1) is 12.4. The summed E-state index contributed by atoms with van der Waals surface area (Å²) in [5.74, 6) is -0.190. The lowest BCUT2D eigenvalue weighted by Crippen LogP contribution is -2.22. The molecule has 0 fully saturated rings. The summed E-state index contributed by atoms with van der Waals surface area (Å²) in [5, 5.41) is 3.25. The van der Waals surface area contributed by atoms with Crippen LogP contribution in [-0.2, 0) is 0 Å². The van der Waals surface area contributed by atoms with Crippen molar-refractivity contribution >= 4 is 22.6 Å². The van der Waals surface area contributed by atoms with Crippen LogP contribution >= 0.6 is 0 Å². The Morgan fingerprint density at radius 3 is 2.42 bits per heavy atom. The molecule has 1 amide bonds. The van der Waals surface area contributed by atoms with Crippen molar-refractivity contribution in [1.82, 2.24) is 9.97 Å². The minimum absolute atomic E-state index is 0.125. The molecule has 3 rings (SSSR count). The molecule has 0 aliphatic carbocycles. The summed E-state index contributed by atoms with van der Waals surface area (Å²) in [4.78, 5) is 33.1. The molecule has 0 unspecified atom stereocenters. The molecule has 0 bridgehead atoms. The van der Waals surface area contributed by atoms with Crippen molar-refractivity contribution in [1.29, 1.82) is 0 Å². The van der Waals surface area contributed by atoms with E-state index in [1.165, 1.54) is 20.3 Å². The predicted molar refractivity (Wildman–Crippen MR) is 95.0 cm³/mol. The second kappa shape index (κ2) is 6.83. The zero-order valence-electron chi connectivity index (χ0n) is 14.7. The Hall–Kier alpha value is -3.42. The van der Waals surface area contributed by atoms with Crippen LogP contribution in [0.5, 0.6) is 11.8 Å². The molecule has 1 N–H and O–H groups in total. The molecule has 0 saturated carbocycles. The van der Waals surface area contributed by atoms with Crippen molar-refractivity contribution in [2.24, 2.45) is 0 Å². The van der Waals surface area contributed by atoms with Crippen LogP contribution in [0.3, 0.4) is 0 Å². The fourth-order valence-electron chi connectivity index (χ4n) is 2.58. The molecule has 2 heterocycles. The van der Waals surface area contributed by atoms with Crippen LogP contribution in [0, 0.1) is 13.8 Å². The number of amides is 1. The summed E-state index contributed by atoms with van der Waals surface area (Å²) in [7, 11) is 2.94. The number of aryl methyl sites for hydroxylation is 2. The van der Waals surface area contributed by atoms with Gasteiger partial charge in [0.2, 0.25) is 0 Å². The van der Waals surface area contributed by atoms with Crippen molar-refractivity contribution in [2.45, 2.75) is 13.8 Å². The van der Waals surface area contributed by atoms with Gasteiger partial charge in [-0.25, -0.2) is 4.79 Å². The van der Waals surface area contributed by atoms with Crippen LogP contribution in [0.25, 0.3) is 11.0 Å². The first kappa shape index (κ1) is 17.4. The zero-order valence-corrected chi connectivity index (χ0v) is 14.7. The number of carbonyl (C=O) groups is 1. The number of anilines is 1. The standard InChI is InChI=1S/C18H17N3O5/c1-9-14(10(2)20-18(19-9)25-4)21-16(22)12-8-11-6-5-7-13(24-3)15(11)26-17(12)23/h5-8H,1-4H3,(H,21,22). The maximum atomic E-state index is 12.6. The molecule has 0 spiro atoms. The lowest BCUT2D eigenvalue weighted by molar-refractivity contribution is 0.102. The number of carbonyl (C=O) groups excluding carboxylic acids is 1. The van der Waals surface area contributed by atoms with E-state index in [2.05, 4.69) is 15.3 Å². The first-order valence-electron chi connectivity index (χ1n) is 7.76. The monoisotopic (exact) mass is 355 g/mol. The van der Waals surface area contributed by atoms with Gasteiger partial charge in [-0.05, 0) is 26.0 Å². The van der Waals surface area contributed by atoms with Gasteiger partial charge in [-0.1, -0.05) is 12.1 Å². The van der Waals surface area contributed by atoms with Gasteiger partial charge in [0.25, 0.3) is 5.91 Å². The van der Waals surface area contributed by atoms with Gasteiger partial charge >= 0.3 is 11.6 Å². The second-order valence-electron chi connectivity index (χ2n) is 5.54. The third-order valence-electron chi connectivity index (χ3n) is 3.86. The fraction of sp³-hybridized carbons (Fsp3) is 0.222. The molecule has 0 atom stereocenters. The Morgan fingerprint density at radius 1 is 1.12 bits per heavy atom. The molecule has 134 valence electrons. The fourth-order valence-corrected chi connectivity index (χ4v) is 2.58. The third kappa shape index (κ3) is 3.08. The van der Waals surface area contributed by atoms with E-state index in [0.29, 0.717) is 28.2 Å². The van der Waals surface area contributed by atoms with Crippen molar-refractivity contribution < 1.29 is 18.7 Å². The molecule has 8 heteroatoms. The quantitative estimate of drug-likeness (QED) is 0.717. The first-order valence-corrected chi connectivity index (χ1v) is 7.76. The highest BCUT2D eigenvalue weighted by Gasteiger charge is 2.18. The summed E-state index contributed by atoms with van der Waals surface area (Å²) in [6.07, 6.45) is 0. The summed E-state index contributed by atoms with van der Waals surface area (Å²) < 4.78 is 15.4. The van der Waals surface area contributed by atoms with E-state index in [9.17, 15) is 9.59 Å². The van der Waals surface area contributed by atoms with Crippen LogP contribution in [-0.4, -0.2) is 30.1 Å². The van der Waals surface area contributed by atoms with Crippen LogP contribution in [0.4, 0.5) is 5.69 Å². The normalized spacial score (nSPS) is 10.6. The number of nitrogens with one attached hydrogen (secondary N) is 1. The van der Waals surface area contributed by atoms with E-state index < -0.39 is 11.5 Å². The molecule has 26 heavy (non-hydrogen) atoms. The minimum Gasteiger partial charge on any atom is -0.493 e. The summed E-state index contributed by atoms with van der Waals surface area (Å²) >= 11 is 0. The molecule has 8 nitrogen and oxygen atoms in total. The molecule has 0 aliphatic heterocycles. The van der Waals surface area contributed by atoms with Gasteiger partial charge in [-0.2, -0.15) is 9.97 Å². The smallest absolute Gasteiger partial charge is 0.349 e. The maximum absolute atomic E-state index is 12.6. The maximum Gasteiger partial charge on any atom is 0.349 e. The van der Waals surface area contributed by atoms with Gasteiger partial charge in [0.15, 0.2) is 11.3 Å². The number of fused-ring (bicyclic) bond motifs is 1. The number of hydrogen-bond acceptors (Lipinski definition) is 7. The molecule has 0 radical (unpaired) electrons. The van der Waals surface area contributed by atoms with Crippen LogP contribution in [0.15, 0.2) is 33.5 Å². The number of nitrogens with zero attached hydrogens (tertiary/aromatic N) is 2. The van der Waals surface area contributed by atoms with E-state index in [0.717, 1.165) is 0 Å². The van der Waals surface area contributed by atoms with Gasteiger partial charge < -0.3 is 19.2 Å². The minimum atomic E-state index is -0.760. The van der Waals surface area contributed by atoms with E-state index in [-0.39, 0.29) is 17.2 Å². The van der Waals surface area contributed by atoms with Crippen LogP contribution < -0.4 is 20.4 Å². The number of para-hydroxylation sites is 1. The van der Waals surface area contributed by atoms with E-state index in [1.807, 2.05) is 0 Å². The van der Waals surface area contributed by atoms with Crippen molar-refractivity contribution in [3.05, 3.63) is 51.6 Å². The molecule has 1 aromatic carbocycles. The Labute approximate surface area is 148 Å². The largest absolute Gasteiger partial charge is 0.493 e. The summed E-state index contributed by atoms with van der Waals surface area (Å²) in [6, 6.07) is 6.81. The van der Waals surface area contributed by atoms with Crippen LogP contribution in [0.1, 0.15) is 21.7 Å². The van der Waals surface area contributed by atoms with Crippen molar-refractivity contribution in [3.8, 4) is 11.8 Å². The number of rotatable bonds is 4. The van der Waals surface area contributed by atoms with Gasteiger partial charge in [-0.15, -0.1) is 0 Å². The van der Waals surface area contributed by atoms with Gasteiger partial charge in [0.1, 0.15) is 5.56 Å². The Kier molecular flexibility index (Phi) is 4.57. The lowest BCUT2D eigenvalue weighted by atomic mass is 10.1. The number of hydrogen-bond donors (Lipinski definition) is 1. The molecule has 0 saturated heterocycles. The average molecular weight is 355 g/mol. The molecule has 0 aliphatic rings. The van der Waals surface area contributed by atoms with Gasteiger partial charge in [-0.3, -0.25) is 4.79 Å². The van der Waals surface area contributed by atoms with E-state index in [4.69, 9.17) is 13.9 Å². The number of aromatic nitrogens is 2. The lowest BCUT2D eigenvalue weighted by Gasteiger charge is -2.11. The molecule has 2 aromatic heterocycles. The Bertz CT molecular complexity index is 1040. The van der Waals surface area contributed by atoms with Gasteiger partial charge in [0.05, 0.1) is 31.3 Å². The highest BCUT2D eigenvalue weighted by atomic mass is 16.5. The van der Waals surface area contributed by atoms with E-state index in [1.54, 1.807) is 32.0 Å². The highest BCUT2D eigenvalue weighted by Crippen LogP contribution is 2.25. The zero-order chi connectivity index (χ0) is 18.8. The Morgan fingerprint density at radius 2 is 1.81 bits per heavy atom. The van der Waals surface area contributed by atoms with E-state index >= 15 is 0 Å². The third-order valence-corrected chi connectivity index (χ3v) is 3.86. The molecular weight excluding hydrogens is 338 g/mol. The Balaban J connectivity index is 2.01. The molecular formula is C18H17N3O5.